The quantitative estimate of drug-likeness (QED) is 0.884. The van der Waals surface area contributed by atoms with Crippen molar-refractivity contribution in [1.29, 1.82) is 0 Å². The van der Waals surface area contributed by atoms with Crippen molar-refractivity contribution in [2.75, 3.05) is 0 Å². The van der Waals surface area contributed by atoms with Crippen LogP contribution in [-0.4, -0.2) is 4.98 Å². The third-order valence-electron chi connectivity index (χ3n) is 2.32. The lowest BCUT2D eigenvalue weighted by molar-refractivity contribution is 0.151. The summed E-state index contributed by atoms with van der Waals surface area (Å²) in [7, 11) is 0. The van der Waals surface area contributed by atoms with Crippen molar-refractivity contribution in [3.63, 3.8) is 0 Å². The second-order valence-corrected chi connectivity index (χ2v) is 4.35. The van der Waals surface area contributed by atoms with Crippen molar-refractivity contribution in [2.24, 2.45) is 0 Å². The molecular weight excluding hydrogens is 242 g/mol. The summed E-state index contributed by atoms with van der Waals surface area (Å²) < 4.78 is 24.9. The van der Waals surface area contributed by atoms with E-state index in [1.165, 1.54) is 12.1 Å². The van der Waals surface area contributed by atoms with Gasteiger partial charge < -0.3 is 5.32 Å². The summed E-state index contributed by atoms with van der Waals surface area (Å²) in [5.74, 6) is 0. The van der Waals surface area contributed by atoms with Crippen LogP contribution in [0.4, 0.5) is 8.78 Å². The fraction of sp³-hybridized carbons (Fsp3) is 0.250. The summed E-state index contributed by atoms with van der Waals surface area (Å²) in [6.07, 6.45) is -2.41. The number of thiazole rings is 1. The van der Waals surface area contributed by atoms with Crippen molar-refractivity contribution >= 4 is 11.3 Å². The van der Waals surface area contributed by atoms with Crippen LogP contribution < -0.4 is 5.32 Å². The zero-order valence-corrected chi connectivity index (χ0v) is 9.88. The van der Waals surface area contributed by atoms with Crippen LogP contribution in [0.3, 0.4) is 0 Å². The Bertz CT molecular complexity index is 457. The highest BCUT2D eigenvalue weighted by Crippen LogP contribution is 2.19. The van der Waals surface area contributed by atoms with Crippen LogP contribution >= 0.6 is 11.3 Å². The van der Waals surface area contributed by atoms with Crippen LogP contribution in [0.1, 0.15) is 23.2 Å². The van der Waals surface area contributed by atoms with Gasteiger partial charge in [-0.1, -0.05) is 18.2 Å². The lowest BCUT2D eigenvalue weighted by Crippen LogP contribution is -2.12. The minimum Gasteiger partial charge on any atom is -0.307 e. The molecule has 1 N–H and O–H groups in total. The largest absolute Gasteiger partial charge is 0.307 e. The summed E-state index contributed by atoms with van der Waals surface area (Å²) in [5, 5.41) is 5.13. The SMILES string of the molecule is FC(F)c1cccc(CNCc2cscn2)c1. The highest BCUT2D eigenvalue weighted by atomic mass is 32.1. The standard InChI is InChI=1S/C12H12F2N2S/c13-12(14)10-3-1-2-9(4-10)5-15-6-11-7-17-8-16-11/h1-4,7-8,12,15H,5-6H2. The van der Waals surface area contributed by atoms with E-state index in [2.05, 4.69) is 10.3 Å². The first-order valence-corrected chi connectivity index (χ1v) is 6.15. The maximum absolute atomic E-state index is 12.5. The zero-order valence-electron chi connectivity index (χ0n) is 9.07. The van der Waals surface area contributed by atoms with Gasteiger partial charge in [0.1, 0.15) is 0 Å². The molecule has 2 rings (SSSR count). The third-order valence-corrected chi connectivity index (χ3v) is 2.96. The molecule has 0 aliphatic rings. The molecular formula is C12H12F2N2S. The summed E-state index contributed by atoms with van der Waals surface area (Å²) in [4.78, 5) is 4.13. The maximum Gasteiger partial charge on any atom is 0.263 e. The predicted molar refractivity (Wildman–Crippen MR) is 64.1 cm³/mol. The summed E-state index contributed by atoms with van der Waals surface area (Å²) in [6.45, 7) is 1.22. The van der Waals surface area contributed by atoms with Crippen LogP contribution in [0.2, 0.25) is 0 Å². The number of hydrogen-bond donors (Lipinski definition) is 1. The number of rotatable bonds is 5. The first-order chi connectivity index (χ1) is 8.25. The van der Waals surface area contributed by atoms with Crippen LogP contribution in [0.25, 0.3) is 0 Å². The van der Waals surface area contributed by atoms with E-state index >= 15 is 0 Å². The van der Waals surface area contributed by atoms with Crippen molar-refractivity contribution in [1.82, 2.24) is 10.3 Å². The van der Waals surface area contributed by atoms with Gasteiger partial charge in [-0.3, -0.25) is 0 Å². The number of alkyl halides is 2. The van der Waals surface area contributed by atoms with Gasteiger partial charge in [0.25, 0.3) is 6.43 Å². The Morgan fingerprint density at radius 1 is 1.29 bits per heavy atom. The van der Waals surface area contributed by atoms with Gasteiger partial charge in [0.05, 0.1) is 11.2 Å². The van der Waals surface area contributed by atoms with E-state index in [0.29, 0.717) is 13.1 Å². The van der Waals surface area contributed by atoms with E-state index in [1.54, 1.807) is 22.9 Å². The lowest BCUT2D eigenvalue weighted by Gasteiger charge is -2.05. The highest BCUT2D eigenvalue weighted by Gasteiger charge is 2.06. The van der Waals surface area contributed by atoms with Gasteiger partial charge in [-0.05, 0) is 11.6 Å². The monoisotopic (exact) mass is 254 g/mol. The topological polar surface area (TPSA) is 24.9 Å². The number of aromatic nitrogens is 1. The molecule has 0 radical (unpaired) electrons. The van der Waals surface area contributed by atoms with Crippen molar-refractivity contribution in [3.8, 4) is 0 Å². The average molecular weight is 254 g/mol. The first-order valence-electron chi connectivity index (χ1n) is 5.20. The average Bonchev–Trinajstić information content (AvgIpc) is 2.82. The minimum absolute atomic E-state index is 0.0676. The molecule has 0 bridgehead atoms. The summed E-state index contributed by atoms with van der Waals surface area (Å²) in [5.41, 5.74) is 3.67. The van der Waals surface area contributed by atoms with E-state index in [4.69, 9.17) is 0 Å². The summed E-state index contributed by atoms with van der Waals surface area (Å²) in [6, 6.07) is 6.45. The maximum atomic E-state index is 12.5. The molecule has 1 aromatic carbocycles. The van der Waals surface area contributed by atoms with Crippen molar-refractivity contribution < 1.29 is 8.78 Å². The lowest BCUT2D eigenvalue weighted by atomic mass is 10.1. The van der Waals surface area contributed by atoms with E-state index in [0.717, 1.165) is 11.3 Å². The molecule has 0 aliphatic carbocycles. The number of hydrogen-bond acceptors (Lipinski definition) is 3. The van der Waals surface area contributed by atoms with Gasteiger partial charge in [0.15, 0.2) is 0 Å². The molecule has 90 valence electrons. The molecule has 0 spiro atoms. The van der Waals surface area contributed by atoms with E-state index in [1.807, 2.05) is 11.4 Å². The van der Waals surface area contributed by atoms with Crippen LogP contribution in [0.5, 0.6) is 0 Å². The van der Waals surface area contributed by atoms with Gasteiger partial charge in [-0.25, -0.2) is 13.8 Å². The molecule has 2 nitrogen and oxygen atoms in total. The highest BCUT2D eigenvalue weighted by molar-refractivity contribution is 7.07. The van der Waals surface area contributed by atoms with Crippen molar-refractivity contribution in [2.45, 2.75) is 19.5 Å². The van der Waals surface area contributed by atoms with Gasteiger partial charge in [0, 0.05) is 24.0 Å². The second-order valence-electron chi connectivity index (χ2n) is 3.63. The zero-order chi connectivity index (χ0) is 12.1. The molecule has 0 saturated carbocycles. The molecule has 0 fully saturated rings. The molecule has 0 aliphatic heterocycles. The van der Waals surface area contributed by atoms with Crippen LogP contribution in [0.15, 0.2) is 35.2 Å². The number of halogens is 2. The Labute approximate surface area is 102 Å². The van der Waals surface area contributed by atoms with Crippen LogP contribution in [-0.2, 0) is 13.1 Å². The van der Waals surface area contributed by atoms with Gasteiger partial charge >= 0.3 is 0 Å². The van der Waals surface area contributed by atoms with Gasteiger partial charge in [-0.2, -0.15) is 0 Å². The Morgan fingerprint density at radius 3 is 2.88 bits per heavy atom. The number of nitrogens with one attached hydrogen (secondary N) is 1. The van der Waals surface area contributed by atoms with Gasteiger partial charge in [-0.15, -0.1) is 11.3 Å². The molecule has 0 atom stereocenters. The number of nitrogens with zero attached hydrogens (tertiary/aromatic N) is 1. The van der Waals surface area contributed by atoms with E-state index < -0.39 is 6.43 Å². The molecule has 1 heterocycles. The first kappa shape index (κ1) is 12.1. The Balaban J connectivity index is 1.88. The number of benzene rings is 1. The molecule has 0 amide bonds. The van der Waals surface area contributed by atoms with Gasteiger partial charge in [0.2, 0.25) is 0 Å². The molecule has 0 saturated heterocycles. The Hall–Kier alpha value is -1.33. The predicted octanol–water partition coefficient (Wildman–Crippen LogP) is 3.37. The molecule has 2 aromatic rings. The van der Waals surface area contributed by atoms with E-state index in [-0.39, 0.29) is 5.56 Å². The molecule has 17 heavy (non-hydrogen) atoms. The fourth-order valence-electron chi connectivity index (χ4n) is 1.50. The molecule has 5 heteroatoms. The van der Waals surface area contributed by atoms with Crippen LogP contribution in [0, 0.1) is 0 Å². The smallest absolute Gasteiger partial charge is 0.263 e. The molecule has 1 aromatic heterocycles. The Morgan fingerprint density at radius 2 is 2.18 bits per heavy atom. The van der Waals surface area contributed by atoms with E-state index in [9.17, 15) is 8.78 Å². The normalized spacial score (nSPS) is 11.0. The molecule has 0 unspecified atom stereocenters. The second kappa shape index (κ2) is 5.84. The summed E-state index contributed by atoms with van der Waals surface area (Å²) >= 11 is 1.54. The third kappa shape index (κ3) is 3.57. The minimum atomic E-state index is -2.41. The Kier molecular flexibility index (Phi) is 4.17. The fourth-order valence-corrected chi connectivity index (χ4v) is 2.06. The van der Waals surface area contributed by atoms with Crippen molar-refractivity contribution in [3.05, 3.63) is 52.0 Å².